The van der Waals surface area contributed by atoms with Gasteiger partial charge in [-0.15, -0.1) is 0 Å². The first-order valence-corrected chi connectivity index (χ1v) is 4.91. The second kappa shape index (κ2) is 5.31. The van der Waals surface area contributed by atoms with E-state index >= 15 is 0 Å². The minimum Gasteiger partial charge on any atom is -0.508 e. The molecule has 0 aliphatic rings. The summed E-state index contributed by atoms with van der Waals surface area (Å²) in [4.78, 5) is 21.2. The maximum Gasteiger partial charge on any atom is 0.320 e. The van der Waals surface area contributed by atoms with Crippen LogP contribution in [0, 0.1) is 0 Å². The van der Waals surface area contributed by atoms with Crippen molar-refractivity contribution >= 4 is 11.9 Å². The highest BCUT2D eigenvalue weighted by molar-refractivity contribution is 5.74. The minimum absolute atomic E-state index is 0.0260. The summed E-state index contributed by atoms with van der Waals surface area (Å²) in [5.74, 6) is -2.27. The maximum absolute atomic E-state index is 10.6. The molecule has 1 aromatic carbocycles. The third-order valence-corrected chi connectivity index (χ3v) is 2.29. The summed E-state index contributed by atoms with van der Waals surface area (Å²) in [6.45, 7) is 0. The quantitative estimate of drug-likeness (QED) is 0.572. The van der Waals surface area contributed by atoms with Gasteiger partial charge in [0.25, 0.3) is 0 Å². The monoisotopic (exact) mass is 239 g/mol. The molecule has 0 aliphatic heterocycles. The number of hydrogen-bond acceptors (Lipinski definition) is 4. The molecule has 5 N–H and O–H groups in total. The minimum atomic E-state index is -1.15. The van der Waals surface area contributed by atoms with E-state index in [0.29, 0.717) is 11.1 Å². The third-order valence-electron chi connectivity index (χ3n) is 2.29. The van der Waals surface area contributed by atoms with Crippen molar-refractivity contribution in [3.63, 3.8) is 0 Å². The van der Waals surface area contributed by atoms with Crippen LogP contribution in [0.15, 0.2) is 18.2 Å². The van der Waals surface area contributed by atoms with Gasteiger partial charge in [0.2, 0.25) is 0 Å². The normalized spacial score (nSPS) is 12.1. The largest absolute Gasteiger partial charge is 0.508 e. The van der Waals surface area contributed by atoms with Crippen LogP contribution in [0.2, 0.25) is 0 Å². The Morgan fingerprint density at radius 3 is 2.41 bits per heavy atom. The lowest BCUT2D eigenvalue weighted by Crippen LogP contribution is -2.32. The van der Waals surface area contributed by atoms with Crippen molar-refractivity contribution in [2.45, 2.75) is 18.9 Å². The van der Waals surface area contributed by atoms with Crippen LogP contribution in [0.4, 0.5) is 0 Å². The van der Waals surface area contributed by atoms with Gasteiger partial charge in [0.1, 0.15) is 11.8 Å². The molecular weight excluding hydrogens is 226 g/mol. The van der Waals surface area contributed by atoms with Crippen LogP contribution in [0.1, 0.15) is 11.1 Å². The zero-order valence-corrected chi connectivity index (χ0v) is 8.96. The fraction of sp³-hybridized carbons (Fsp3) is 0.273. The Hall–Kier alpha value is -2.08. The van der Waals surface area contributed by atoms with E-state index in [1.54, 1.807) is 0 Å². The summed E-state index contributed by atoms with van der Waals surface area (Å²) in [5, 5.41) is 26.6. The van der Waals surface area contributed by atoms with Crippen molar-refractivity contribution < 1.29 is 24.9 Å². The number of benzene rings is 1. The fourth-order valence-corrected chi connectivity index (χ4v) is 1.46. The van der Waals surface area contributed by atoms with E-state index in [1.807, 2.05) is 0 Å². The van der Waals surface area contributed by atoms with Crippen molar-refractivity contribution in [1.29, 1.82) is 0 Å². The van der Waals surface area contributed by atoms with Crippen LogP contribution in [-0.2, 0) is 22.4 Å². The molecule has 0 fully saturated rings. The van der Waals surface area contributed by atoms with E-state index in [4.69, 9.17) is 15.9 Å². The number of hydrogen-bond donors (Lipinski definition) is 4. The highest BCUT2D eigenvalue weighted by Gasteiger charge is 2.16. The van der Waals surface area contributed by atoms with Crippen molar-refractivity contribution in [3.05, 3.63) is 29.3 Å². The molecule has 0 bridgehead atoms. The molecule has 0 amide bonds. The number of aliphatic carboxylic acids is 2. The Labute approximate surface area is 97.3 Å². The Bertz CT molecular complexity index is 443. The van der Waals surface area contributed by atoms with Crippen LogP contribution in [0.3, 0.4) is 0 Å². The maximum atomic E-state index is 10.6. The molecule has 17 heavy (non-hydrogen) atoms. The fourth-order valence-electron chi connectivity index (χ4n) is 1.46. The molecule has 0 saturated carbocycles. The van der Waals surface area contributed by atoms with Gasteiger partial charge in [-0.2, -0.15) is 0 Å². The van der Waals surface area contributed by atoms with E-state index in [9.17, 15) is 14.7 Å². The van der Waals surface area contributed by atoms with E-state index in [2.05, 4.69) is 0 Å². The number of carbonyl (C=O) groups is 2. The van der Waals surface area contributed by atoms with Crippen molar-refractivity contribution in [2.24, 2.45) is 5.73 Å². The molecule has 1 rings (SSSR count). The summed E-state index contributed by atoms with van der Waals surface area (Å²) in [5.41, 5.74) is 6.26. The summed E-state index contributed by atoms with van der Waals surface area (Å²) in [6, 6.07) is 3.07. The van der Waals surface area contributed by atoms with Crippen LogP contribution in [-0.4, -0.2) is 33.3 Å². The molecule has 92 valence electrons. The number of phenolic OH excluding ortho intramolecular Hbond substituents is 1. The topological polar surface area (TPSA) is 121 Å². The molecule has 0 radical (unpaired) electrons. The number of phenols is 1. The van der Waals surface area contributed by atoms with E-state index in [-0.39, 0.29) is 18.6 Å². The molecule has 6 nitrogen and oxygen atoms in total. The molecule has 6 heteroatoms. The molecule has 0 aromatic heterocycles. The second-order valence-electron chi connectivity index (χ2n) is 3.67. The molecule has 1 aromatic rings. The summed E-state index contributed by atoms with van der Waals surface area (Å²) in [7, 11) is 0. The number of aromatic hydroxyl groups is 1. The molecule has 0 spiro atoms. The van der Waals surface area contributed by atoms with Gasteiger partial charge in [-0.05, 0) is 29.7 Å². The SMILES string of the molecule is N[C@@H](Cc1ccc(O)cc1CC(=O)O)C(=O)O. The van der Waals surface area contributed by atoms with Crippen LogP contribution in [0.25, 0.3) is 0 Å². The van der Waals surface area contributed by atoms with Crippen molar-refractivity contribution in [1.82, 2.24) is 0 Å². The predicted octanol–water partition coefficient (Wildman–Crippen LogP) is -0.0263. The van der Waals surface area contributed by atoms with Gasteiger partial charge in [-0.1, -0.05) is 6.07 Å². The Morgan fingerprint density at radius 2 is 1.88 bits per heavy atom. The Balaban J connectivity index is 2.97. The van der Waals surface area contributed by atoms with E-state index < -0.39 is 18.0 Å². The van der Waals surface area contributed by atoms with E-state index in [0.717, 1.165) is 0 Å². The summed E-state index contributed by atoms with van der Waals surface area (Å²) < 4.78 is 0. The average molecular weight is 239 g/mol. The standard InChI is InChI=1S/C11H13NO5/c12-9(11(16)17)4-6-1-2-8(13)3-7(6)5-10(14)15/h1-3,9,13H,4-5,12H2,(H,14,15)(H,16,17)/t9-/m0/s1. The van der Waals surface area contributed by atoms with E-state index in [1.165, 1.54) is 18.2 Å². The number of rotatable bonds is 5. The van der Waals surface area contributed by atoms with Crippen molar-refractivity contribution in [2.75, 3.05) is 0 Å². The van der Waals surface area contributed by atoms with Gasteiger partial charge in [-0.3, -0.25) is 9.59 Å². The lowest BCUT2D eigenvalue weighted by atomic mass is 9.98. The first kappa shape index (κ1) is 13.0. The molecule has 1 atom stereocenters. The van der Waals surface area contributed by atoms with Gasteiger partial charge in [-0.25, -0.2) is 0 Å². The Kier molecular flexibility index (Phi) is 4.06. The van der Waals surface area contributed by atoms with Gasteiger partial charge >= 0.3 is 11.9 Å². The predicted molar refractivity (Wildman–Crippen MR) is 58.8 cm³/mol. The number of nitrogens with two attached hydrogens (primary N) is 1. The first-order valence-electron chi connectivity index (χ1n) is 4.91. The van der Waals surface area contributed by atoms with Gasteiger partial charge in [0.05, 0.1) is 6.42 Å². The lowest BCUT2D eigenvalue weighted by Gasteiger charge is -2.11. The van der Waals surface area contributed by atoms with Gasteiger partial charge in [0.15, 0.2) is 0 Å². The smallest absolute Gasteiger partial charge is 0.320 e. The summed E-state index contributed by atoms with van der Waals surface area (Å²) >= 11 is 0. The Morgan fingerprint density at radius 1 is 1.24 bits per heavy atom. The molecule has 0 unspecified atom stereocenters. The zero-order chi connectivity index (χ0) is 13.0. The summed E-state index contributed by atoms with van der Waals surface area (Å²) in [6.07, 6.45) is -0.256. The van der Waals surface area contributed by atoms with Gasteiger partial charge < -0.3 is 21.1 Å². The molecule has 0 saturated heterocycles. The van der Waals surface area contributed by atoms with Crippen LogP contribution < -0.4 is 5.73 Å². The molecule has 0 aliphatic carbocycles. The zero-order valence-electron chi connectivity index (χ0n) is 8.96. The molecular formula is C11H13NO5. The van der Waals surface area contributed by atoms with Gasteiger partial charge in [0, 0.05) is 0 Å². The third kappa shape index (κ3) is 3.76. The second-order valence-corrected chi connectivity index (χ2v) is 3.67. The molecule has 0 heterocycles. The average Bonchev–Trinajstić information content (AvgIpc) is 2.20. The lowest BCUT2D eigenvalue weighted by molar-refractivity contribution is -0.138. The van der Waals surface area contributed by atoms with Crippen molar-refractivity contribution in [3.8, 4) is 5.75 Å². The number of carboxylic acid groups (broad SMARTS) is 2. The van der Waals surface area contributed by atoms with Crippen LogP contribution in [0.5, 0.6) is 5.75 Å². The van der Waals surface area contributed by atoms with Crippen LogP contribution >= 0.6 is 0 Å². The highest BCUT2D eigenvalue weighted by atomic mass is 16.4. The number of carboxylic acids is 2. The first-order chi connectivity index (χ1) is 7.90. The highest BCUT2D eigenvalue weighted by Crippen LogP contribution is 2.18.